The van der Waals surface area contributed by atoms with Gasteiger partial charge < -0.3 is 33.7 Å². The van der Waals surface area contributed by atoms with E-state index >= 15 is 0 Å². The minimum absolute atomic E-state index is 0.161. The van der Waals surface area contributed by atoms with Crippen LogP contribution in [0.3, 0.4) is 0 Å². The molecule has 1 N–H and O–H groups in total. The Labute approximate surface area is 260 Å². The summed E-state index contributed by atoms with van der Waals surface area (Å²) in [6.07, 6.45) is 11.4. The summed E-state index contributed by atoms with van der Waals surface area (Å²) in [6.45, 7) is 6.62. The first-order chi connectivity index (χ1) is 21.5. The van der Waals surface area contributed by atoms with Crippen molar-refractivity contribution in [3.05, 3.63) is 38.4 Å². The van der Waals surface area contributed by atoms with Gasteiger partial charge in [-0.3, -0.25) is 25.0 Å². The van der Waals surface area contributed by atoms with Crippen molar-refractivity contribution in [3.63, 3.8) is 0 Å². The Bertz CT molecular complexity index is 905. The van der Waals surface area contributed by atoms with Gasteiger partial charge in [-0.25, -0.2) is 0 Å². The molecule has 0 radical (unpaired) electrons. The van der Waals surface area contributed by atoms with E-state index in [1.165, 1.54) is 57.1 Å². The van der Waals surface area contributed by atoms with Gasteiger partial charge in [0.05, 0.1) is 82.0 Å². The van der Waals surface area contributed by atoms with Crippen LogP contribution in [0.4, 0.5) is 17.1 Å². The Morgan fingerprint density at radius 2 is 1.14 bits per heavy atom. The molecule has 0 atom stereocenters. The topological polar surface area (TPSA) is 171 Å². The molecule has 1 aromatic rings. The highest BCUT2D eigenvalue weighted by atomic mass is 16.6. The summed E-state index contributed by atoms with van der Waals surface area (Å²) in [5.41, 5.74) is -0.523. The average molecular weight is 630 g/mol. The molecule has 0 saturated carbocycles. The summed E-state index contributed by atoms with van der Waals surface area (Å²) >= 11 is 0. The van der Waals surface area contributed by atoms with Crippen LogP contribution < -0.4 is 5.32 Å². The lowest BCUT2D eigenvalue weighted by Crippen LogP contribution is -2.15. The summed E-state index contributed by atoms with van der Waals surface area (Å²) in [5, 5.41) is 24.8. The number of nitro benzene ring substituents is 2. The Morgan fingerprint density at radius 1 is 0.659 bits per heavy atom. The van der Waals surface area contributed by atoms with Crippen molar-refractivity contribution in [1.82, 2.24) is 0 Å². The van der Waals surface area contributed by atoms with Gasteiger partial charge in [0.2, 0.25) is 0 Å². The van der Waals surface area contributed by atoms with Crippen LogP contribution in [0.5, 0.6) is 0 Å². The number of anilines is 1. The van der Waals surface area contributed by atoms with E-state index in [-0.39, 0.29) is 36.2 Å². The molecule has 44 heavy (non-hydrogen) atoms. The molecule has 0 spiro atoms. The van der Waals surface area contributed by atoms with Crippen molar-refractivity contribution < 1.29 is 43.1 Å². The number of non-ortho nitro benzene ring substituents is 1. The largest absolute Gasteiger partial charge is 0.463 e. The number of nitrogens with zero attached hydrogens (tertiary/aromatic N) is 2. The lowest BCUT2D eigenvalue weighted by atomic mass is 10.1. The number of rotatable bonds is 31. The number of ether oxygens (including phenoxy) is 6. The van der Waals surface area contributed by atoms with Crippen LogP contribution >= 0.6 is 0 Å². The van der Waals surface area contributed by atoms with Crippen LogP contribution in [-0.2, 0) is 33.2 Å². The van der Waals surface area contributed by atoms with Gasteiger partial charge in [0, 0.05) is 19.0 Å². The fourth-order valence-corrected chi connectivity index (χ4v) is 4.04. The molecule has 0 saturated heterocycles. The highest BCUT2D eigenvalue weighted by Gasteiger charge is 2.19. The van der Waals surface area contributed by atoms with Crippen molar-refractivity contribution >= 4 is 23.0 Å². The van der Waals surface area contributed by atoms with Crippen LogP contribution in [-0.4, -0.2) is 95.0 Å². The first-order valence-electron chi connectivity index (χ1n) is 15.7. The second-order valence-electron chi connectivity index (χ2n) is 10.0. The summed E-state index contributed by atoms with van der Waals surface area (Å²) in [4.78, 5) is 32.3. The number of carbonyl (C=O) groups excluding carboxylic acids is 1. The average Bonchev–Trinajstić information content (AvgIpc) is 3.01. The molecule has 0 aliphatic carbocycles. The van der Waals surface area contributed by atoms with Gasteiger partial charge in [-0.1, -0.05) is 58.3 Å². The summed E-state index contributed by atoms with van der Waals surface area (Å²) < 4.78 is 32.3. The second kappa shape index (κ2) is 27.6. The van der Waals surface area contributed by atoms with E-state index in [9.17, 15) is 25.0 Å². The molecule has 0 aromatic heterocycles. The zero-order valence-corrected chi connectivity index (χ0v) is 26.2. The minimum Gasteiger partial charge on any atom is -0.463 e. The maximum Gasteiger partial charge on any atom is 0.305 e. The second-order valence-corrected chi connectivity index (χ2v) is 10.0. The SMILES string of the molecule is CCCCCCCCCCCC(=O)OCCOCCOCCOCCOCCOCCNc1ccc([N+](=O)[O-])cc1[N+](=O)[O-]. The number of nitro groups is 2. The third-order valence-corrected chi connectivity index (χ3v) is 6.41. The number of nitrogens with one attached hydrogen (secondary N) is 1. The number of hydrogen-bond acceptors (Lipinski definition) is 12. The monoisotopic (exact) mass is 629 g/mol. The Hall–Kier alpha value is -2.91. The molecule has 14 nitrogen and oxygen atoms in total. The first kappa shape index (κ1) is 39.1. The molecule has 0 aliphatic heterocycles. The molecule has 1 aromatic carbocycles. The Kier molecular flexibility index (Phi) is 24.6. The molecule has 0 heterocycles. The van der Waals surface area contributed by atoms with Crippen molar-refractivity contribution in [3.8, 4) is 0 Å². The molecule has 14 heteroatoms. The van der Waals surface area contributed by atoms with Gasteiger partial charge in [0.25, 0.3) is 11.4 Å². The van der Waals surface area contributed by atoms with Crippen molar-refractivity contribution in [2.45, 2.75) is 71.1 Å². The highest BCUT2D eigenvalue weighted by Crippen LogP contribution is 2.28. The van der Waals surface area contributed by atoms with Crippen molar-refractivity contribution in [2.24, 2.45) is 0 Å². The Balaban J connectivity index is 1.81. The van der Waals surface area contributed by atoms with Gasteiger partial charge in [-0.15, -0.1) is 0 Å². The lowest BCUT2D eigenvalue weighted by molar-refractivity contribution is -0.393. The molecule has 0 aliphatic rings. The fourth-order valence-electron chi connectivity index (χ4n) is 4.04. The van der Waals surface area contributed by atoms with Gasteiger partial charge in [0.1, 0.15) is 12.3 Å². The predicted octanol–water partition coefficient (Wildman–Crippen LogP) is 5.46. The Morgan fingerprint density at radius 3 is 1.64 bits per heavy atom. The molecule has 0 unspecified atom stereocenters. The number of benzene rings is 1. The third kappa shape index (κ3) is 21.7. The van der Waals surface area contributed by atoms with Gasteiger partial charge >= 0.3 is 5.97 Å². The number of esters is 1. The van der Waals surface area contributed by atoms with Crippen LogP contribution in [0.15, 0.2) is 18.2 Å². The normalized spacial score (nSPS) is 11.0. The van der Waals surface area contributed by atoms with E-state index in [4.69, 9.17) is 28.4 Å². The third-order valence-electron chi connectivity index (χ3n) is 6.41. The minimum atomic E-state index is -0.681. The summed E-state index contributed by atoms with van der Waals surface area (Å²) in [7, 11) is 0. The van der Waals surface area contributed by atoms with Crippen LogP contribution in [0.2, 0.25) is 0 Å². The molecule has 1 rings (SSSR count). The molecule has 252 valence electrons. The quantitative estimate of drug-likeness (QED) is 0.0476. The van der Waals surface area contributed by atoms with E-state index < -0.39 is 9.85 Å². The lowest BCUT2D eigenvalue weighted by Gasteiger charge is -2.09. The maximum atomic E-state index is 11.8. The van der Waals surface area contributed by atoms with Crippen LogP contribution in [0.1, 0.15) is 71.1 Å². The van der Waals surface area contributed by atoms with Crippen molar-refractivity contribution in [2.75, 3.05) is 84.5 Å². The highest BCUT2D eigenvalue weighted by molar-refractivity contribution is 5.69. The van der Waals surface area contributed by atoms with Gasteiger partial charge in [-0.2, -0.15) is 0 Å². The van der Waals surface area contributed by atoms with E-state index in [1.807, 2.05) is 0 Å². The fraction of sp³-hybridized carbons (Fsp3) is 0.767. The van der Waals surface area contributed by atoms with Gasteiger partial charge in [-0.05, 0) is 12.5 Å². The zero-order valence-electron chi connectivity index (χ0n) is 26.2. The van der Waals surface area contributed by atoms with Crippen LogP contribution in [0.25, 0.3) is 0 Å². The molecule has 0 fully saturated rings. The molecule has 0 bridgehead atoms. The number of carbonyl (C=O) groups is 1. The molecular weight excluding hydrogens is 578 g/mol. The summed E-state index contributed by atoms with van der Waals surface area (Å²) in [6, 6.07) is 3.43. The smallest absolute Gasteiger partial charge is 0.305 e. The number of hydrogen-bond donors (Lipinski definition) is 1. The van der Waals surface area contributed by atoms with Crippen molar-refractivity contribution in [1.29, 1.82) is 0 Å². The van der Waals surface area contributed by atoms with E-state index in [0.717, 1.165) is 18.9 Å². The predicted molar refractivity (Wildman–Crippen MR) is 165 cm³/mol. The molecular formula is C30H51N3O11. The maximum absolute atomic E-state index is 11.8. The zero-order chi connectivity index (χ0) is 32.1. The van der Waals surface area contributed by atoms with Gasteiger partial charge in [0.15, 0.2) is 0 Å². The van der Waals surface area contributed by atoms with E-state index in [0.29, 0.717) is 72.4 Å². The van der Waals surface area contributed by atoms with Crippen LogP contribution in [0, 0.1) is 20.2 Å². The first-order valence-corrected chi connectivity index (χ1v) is 15.7. The van der Waals surface area contributed by atoms with E-state index in [1.54, 1.807) is 0 Å². The molecule has 0 amide bonds. The number of unbranched alkanes of at least 4 members (excludes halogenated alkanes) is 8. The van der Waals surface area contributed by atoms with E-state index in [2.05, 4.69) is 12.2 Å². The standard InChI is InChI=1S/C30H51N3O11/c1-2-3-4-5-6-7-8-9-10-11-30(34)44-25-24-43-23-22-42-21-20-41-19-18-40-17-16-39-15-14-31-28-13-12-27(32(35)36)26-29(28)33(37)38/h12-13,26,31H,2-11,14-25H2,1H3. The summed E-state index contributed by atoms with van der Waals surface area (Å²) in [5.74, 6) is -0.161.